The van der Waals surface area contributed by atoms with Gasteiger partial charge in [0.1, 0.15) is 23.7 Å². The van der Waals surface area contributed by atoms with Crippen LogP contribution >= 0.6 is 0 Å². The maximum atomic E-state index is 12.8. The summed E-state index contributed by atoms with van der Waals surface area (Å²) in [6.07, 6.45) is -3.24. The van der Waals surface area contributed by atoms with Crippen molar-refractivity contribution in [1.82, 2.24) is 0 Å². The normalized spacial score (nSPS) is 61.9. The van der Waals surface area contributed by atoms with Gasteiger partial charge >= 0.3 is 11.9 Å². The van der Waals surface area contributed by atoms with Gasteiger partial charge in [-0.05, 0) is 19.4 Å². The fraction of sp³-hybridized carbons (Fsp3) is 0.778. The first kappa shape index (κ1) is 15.6. The van der Waals surface area contributed by atoms with E-state index in [9.17, 15) is 19.8 Å². The van der Waals surface area contributed by atoms with Crippen LogP contribution in [0.4, 0.5) is 0 Å². The first-order valence-corrected chi connectivity index (χ1v) is 9.02. The molecule has 4 heterocycles. The Morgan fingerprint density at radius 3 is 2.54 bits per heavy atom. The molecule has 1 spiro atoms. The summed E-state index contributed by atoms with van der Waals surface area (Å²) >= 11 is 0. The van der Waals surface area contributed by atoms with E-state index < -0.39 is 65.0 Å². The van der Waals surface area contributed by atoms with E-state index in [0.29, 0.717) is 5.57 Å². The van der Waals surface area contributed by atoms with Crippen molar-refractivity contribution in [3.05, 3.63) is 11.6 Å². The van der Waals surface area contributed by atoms with Crippen LogP contribution in [0.2, 0.25) is 0 Å². The Hall–Kier alpha value is -1.48. The predicted molar refractivity (Wildman–Crippen MR) is 81.5 cm³/mol. The quantitative estimate of drug-likeness (QED) is 0.452. The monoisotopic (exact) mass is 364 g/mol. The number of esters is 2. The number of carbonyl (C=O) groups is 2. The standard InChI is InChI=1S/C18H20O8/c1-5(19)12-18-6(4-7(20)23-12)16(2)10-8(14(18)26-18)25-15(22)17(10,3)11(21)9-13(16)24-9/h4-5,8-14,19,21H,1-3H3/t5-,8-,9?,10?,11-,12?,13?,14?,16+,17+,18?/m0/s1. The molecular formula is C18H20O8. The second kappa shape index (κ2) is 4.01. The number of ether oxygens (including phenoxy) is 4. The highest BCUT2D eigenvalue weighted by molar-refractivity contribution is 5.88. The van der Waals surface area contributed by atoms with Gasteiger partial charge < -0.3 is 29.2 Å². The molecule has 6 aliphatic rings. The average Bonchev–Trinajstić information content (AvgIpc) is 3.46. The van der Waals surface area contributed by atoms with Crippen molar-refractivity contribution in [1.29, 1.82) is 0 Å². The Kier molecular flexibility index (Phi) is 2.40. The third-order valence-electron chi connectivity index (χ3n) is 7.70. The lowest BCUT2D eigenvalue weighted by atomic mass is 9.46. The van der Waals surface area contributed by atoms with Crippen LogP contribution in [0.15, 0.2) is 11.6 Å². The second-order valence-corrected chi connectivity index (χ2v) is 8.87. The van der Waals surface area contributed by atoms with E-state index in [1.807, 2.05) is 6.92 Å². The maximum Gasteiger partial charge on any atom is 0.331 e. The van der Waals surface area contributed by atoms with Crippen molar-refractivity contribution >= 4 is 11.9 Å². The minimum atomic E-state index is -1.13. The minimum absolute atomic E-state index is 0.332. The molecule has 3 saturated heterocycles. The van der Waals surface area contributed by atoms with Crippen LogP contribution in [-0.2, 0) is 28.5 Å². The maximum absolute atomic E-state index is 12.8. The van der Waals surface area contributed by atoms with Crippen molar-refractivity contribution in [2.24, 2.45) is 16.7 Å². The lowest BCUT2D eigenvalue weighted by molar-refractivity contribution is -0.158. The highest BCUT2D eigenvalue weighted by atomic mass is 16.7. The van der Waals surface area contributed by atoms with E-state index in [-0.39, 0.29) is 12.0 Å². The van der Waals surface area contributed by atoms with E-state index in [4.69, 9.17) is 18.9 Å². The smallest absolute Gasteiger partial charge is 0.331 e. The van der Waals surface area contributed by atoms with Crippen LogP contribution in [0.3, 0.4) is 0 Å². The zero-order chi connectivity index (χ0) is 18.4. The summed E-state index contributed by atoms with van der Waals surface area (Å²) in [7, 11) is 0. The van der Waals surface area contributed by atoms with Gasteiger partial charge in [-0.25, -0.2) is 4.79 Å². The lowest BCUT2D eigenvalue weighted by Gasteiger charge is -2.53. The third kappa shape index (κ3) is 1.30. The van der Waals surface area contributed by atoms with Crippen molar-refractivity contribution in [3.8, 4) is 0 Å². The van der Waals surface area contributed by atoms with Crippen LogP contribution in [-0.4, -0.2) is 70.5 Å². The number of carbonyl (C=O) groups excluding carboxylic acids is 2. The summed E-state index contributed by atoms with van der Waals surface area (Å²) in [4.78, 5) is 25.0. The zero-order valence-electron chi connectivity index (χ0n) is 14.5. The van der Waals surface area contributed by atoms with Gasteiger partial charge in [0.25, 0.3) is 0 Å². The van der Waals surface area contributed by atoms with E-state index >= 15 is 0 Å². The van der Waals surface area contributed by atoms with Crippen LogP contribution in [0.5, 0.6) is 0 Å². The number of aliphatic hydroxyl groups is 2. The van der Waals surface area contributed by atoms with E-state index in [0.717, 1.165) is 0 Å². The molecule has 8 heteroatoms. The van der Waals surface area contributed by atoms with Crippen LogP contribution in [0, 0.1) is 16.7 Å². The summed E-state index contributed by atoms with van der Waals surface area (Å²) in [6.45, 7) is 5.21. The molecule has 26 heavy (non-hydrogen) atoms. The lowest BCUT2D eigenvalue weighted by Crippen LogP contribution is -2.66. The molecular weight excluding hydrogens is 344 g/mol. The van der Waals surface area contributed by atoms with Gasteiger partial charge in [0.15, 0.2) is 11.7 Å². The molecule has 0 amide bonds. The van der Waals surface area contributed by atoms with Crippen molar-refractivity contribution in [2.75, 3.05) is 0 Å². The Morgan fingerprint density at radius 2 is 1.85 bits per heavy atom. The van der Waals surface area contributed by atoms with Crippen molar-refractivity contribution < 1.29 is 38.7 Å². The highest BCUT2D eigenvalue weighted by Gasteiger charge is 2.89. The number of hydrogen-bond acceptors (Lipinski definition) is 8. The molecule has 8 nitrogen and oxygen atoms in total. The van der Waals surface area contributed by atoms with Crippen LogP contribution in [0.25, 0.3) is 0 Å². The number of aliphatic hydroxyl groups excluding tert-OH is 2. The number of cyclic esters (lactones) is 1. The third-order valence-corrected chi connectivity index (χ3v) is 7.70. The molecule has 0 bridgehead atoms. The molecule has 2 saturated carbocycles. The highest BCUT2D eigenvalue weighted by Crippen LogP contribution is 2.75. The first-order chi connectivity index (χ1) is 12.2. The molecule has 4 aliphatic heterocycles. The number of rotatable bonds is 1. The van der Waals surface area contributed by atoms with Crippen molar-refractivity contribution in [3.63, 3.8) is 0 Å². The molecule has 6 unspecified atom stereocenters. The Balaban J connectivity index is 1.60. The van der Waals surface area contributed by atoms with Crippen LogP contribution in [0.1, 0.15) is 20.8 Å². The Bertz CT molecular complexity index is 805. The fourth-order valence-electron chi connectivity index (χ4n) is 6.57. The topological polar surface area (TPSA) is 118 Å². The molecule has 140 valence electrons. The largest absolute Gasteiger partial charge is 0.459 e. The molecule has 0 aromatic carbocycles. The molecule has 0 aromatic heterocycles. The van der Waals surface area contributed by atoms with Gasteiger partial charge in [0.05, 0.1) is 18.3 Å². The Labute approximate surface area is 149 Å². The fourth-order valence-corrected chi connectivity index (χ4v) is 6.57. The first-order valence-electron chi connectivity index (χ1n) is 9.02. The summed E-state index contributed by atoms with van der Waals surface area (Å²) < 4.78 is 23.0. The summed E-state index contributed by atoms with van der Waals surface area (Å²) in [5.74, 6) is -1.39. The van der Waals surface area contributed by atoms with Gasteiger partial charge in [-0.2, -0.15) is 0 Å². The number of fused-ring (bicyclic) bond motifs is 4. The van der Waals surface area contributed by atoms with E-state index in [2.05, 4.69) is 0 Å². The summed E-state index contributed by atoms with van der Waals surface area (Å²) in [6, 6.07) is 0. The number of hydrogen-bond donors (Lipinski definition) is 2. The Morgan fingerprint density at radius 1 is 1.12 bits per heavy atom. The van der Waals surface area contributed by atoms with Gasteiger partial charge in [-0.1, -0.05) is 6.92 Å². The molecule has 0 aromatic rings. The number of epoxide rings is 2. The molecule has 11 atom stereocenters. The van der Waals surface area contributed by atoms with Gasteiger partial charge in [0.2, 0.25) is 0 Å². The molecule has 6 rings (SSSR count). The van der Waals surface area contributed by atoms with Gasteiger partial charge in [-0.3, -0.25) is 4.79 Å². The van der Waals surface area contributed by atoms with E-state index in [1.54, 1.807) is 13.8 Å². The molecule has 0 radical (unpaired) electrons. The summed E-state index contributed by atoms with van der Waals surface area (Å²) in [5.41, 5.74) is -2.16. The second-order valence-electron chi connectivity index (χ2n) is 8.87. The van der Waals surface area contributed by atoms with E-state index in [1.165, 1.54) is 6.08 Å². The average molecular weight is 364 g/mol. The van der Waals surface area contributed by atoms with Crippen molar-refractivity contribution in [2.45, 2.75) is 69.1 Å². The SMILES string of the molecule is C[C@H](O)C1OC(=O)C=C2C13OC3[C@H]1OC(=O)[C@]3(C)C1[C@]2(C)C1OC1[C@@H]3O. The van der Waals surface area contributed by atoms with Gasteiger partial charge in [0, 0.05) is 17.4 Å². The molecule has 2 N–H and O–H groups in total. The zero-order valence-corrected chi connectivity index (χ0v) is 14.5. The molecule has 2 aliphatic carbocycles. The van der Waals surface area contributed by atoms with Gasteiger partial charge in [-0.15, -0.1) is 0 Å². The summed E-state index contributed by atoms with van der Waals surface area (Å²) in [5, 5.41) is 21.0. The molecule has 5 fully saturated rings. The predicted octanol–water partition coefficient (Wildman–Crippen LogP) is -0.934. The van der Waals surface area contributed by atoms with Crippen LogP contribution < -0.4 is 0 Å². The minimum Gasteiger partial charge on any atom is -0.459 e.